The lowest BCUT2D eigenvalue weighted by molar-refractivity contribution is -0.244. The molecule has 210 valence electrons. The van der Waals surface area contributed by atoms with Crippen molar-refractivity contribution in [3.05, 3.63) is 81.1 Å². The number of carbonyl (C=O) groups is 2. The van der Waals surface area contributed by atoms with Crippen molar-refractivity contribution in [2.45, 2.75) is 12.5 Å². The van der Waals surface area contributed by atoms with Gasteiger partial charge in [0, 0.05) is 59.7 Å². The molecule has 14 heteroatoms. The topological polar surface area (TPSA) is 170 Å². The van der Waals surface area contributed by atoms with Crippen LogP contribution in [-0.4, -0.2) is 72.5 Å². The van der Waals surface area contributed by atoms with Crippen molar-refractivity contribution in [2.24, 2.45) is 0 Å². The van der Waals surface area contributed by atoms with Gasteiger partial charge in [0.05, 0.1) is 13.2 Å². The van der Waals surface area contributed by atoms with Gasteiger partial charge in [-0.2, -0.15) is 0 Å². The minimum absolute atomic E-state index is 0. The summed E-state index contributed by atoms with van der Waals surface area (Å²) in [5.41, 5.74) is 1.39. The molecule has 1 aliphatic heterocycles. The number of rotatable bonds is 9. The van der Waals surface area contributed by atoms with Gasteiger partial charge < -0.3 is 24.7 Å². The summed E-state index contributed by atoms with van der Waals surface area (Å²) in [5, 5.41) is 11.1. The number of pyridine rings is 1. The number of morpholine rings is 1. The lowest BCUT2D eigenvalue weighted by atomic mass is 10.0. The Kier molecular flexibility index (Phi) is 12.0. The third kappa shape index (κ3) is 9.79. The summed E-state index contributed by atoms with van der Waals surface area (Å²) in [4.78, 5) is 52.0. The number of aromatic amines is 1. The van der Waals surface area contributed by atoms with Gasteiger partial charge in [0.2, 0.25) is 5.56 Å². The number of para-hydroxylation sites is 1. The molecule has 39 heavy (non-hydrogen) atoms. The van der Waals surface area contributed by atoms with E-state index in [-0.39, 0.29) is 20.0 Å². The Hall–Kier alpha value is -3.22. The van der Waals surface area contributed by atoms with Crippen LogP contribution in [0.15, 0.2) is 59.4 Å². The highest BCUT2D eigenvalue weighted by Gasteiger charge is 2.25. The summed E-state index contributed by atoms with van der Waals surface area (Å²) in [6.07, 6.45) is 0.111. The molecule has 2 heterocycles. The fraction of sp³-hybridized carbons (Fsp3) is 0.320. The molecule has 0 spiro atoms. The maximum Gasteiger partial charge on any atom is 0.521 e. The predicted octanol–water partition coefficient (Wildman–Crippen LogP) is 2.14. The zero-order valence-corrected chi connectivity index (χ0v) is 22.4. The summed E-state index contributed by atoms with van der Waals surface area (Å²) >= 11 is 5.92. The highest BCUT2D eigenvalue weighted by molar-refractivity contribution is 7.30. The standard InChI is InChI=1S/C25H26ClN3O5.HO4P.H2/c26-19-7-5-17(6-8-19)24(31)28-22(25(32)34-14-11-29-9-12-33-13-10-29)15-18-16-23(30)27-21-4-2-1-3-20(18)21;1-4-5(2)3;/h1-8,16,22H,9-15H2,(H,27,30)(H,28,31);1H;1H. The molecule has 0 aliphatic carbocycles. The van der Waals surface area contributed by atoms with E-state index in [2.05, 4.69) is 19.9 Å². The van der Waals surface area contributed by atoms with Gasteiger partial charge in [-0.3, -0.25) is 14.5 Å². The summed E-state index contributed by atoms with van der Waals surface area (Å²) in [7, 11) is -3.04. The number of fused-ring (bicyclic) bond motifs is 1. The molecule has 3 aromatic rings. The van der Waals surface area contributed by atoms with Gasteiger partial charge in [-0.05, 0) is 40.5 Å². The van der Waals surface area contributed by atoms with Crippen molar-refractivity contribution in [2.75, 3.05) is 39.5 Å². The van der Waals surface area contributed by atoms with Crippen LogP contribution >= 0.6 is 19.9 Å². The molecule has 1 aliphatic rings. The molecular weight excluding hydrogens is 553 g/mol. The molecule has 0 saturated carbocycles. The number of nitrogens with zero attached hydrogens (tertiary/aromatic N) is 1. The number of H-pyrrole nitrogens is 1. The molecule has 2 atom stereocenters. The molecule has 3 N–H and O–H groups in total. The monoisotopic (exact) mass is 581 g/mol. The molecule has 1 amide bonds. The number of carbonyl (C=O) groups excluding carboxylic acids is 2. The van der Waals surface area contributed by atoms with Gasteiger partial charge in [-0.1, -0.05) is 29.8 Å². The maximum absolute atomic E-state index is 13.0. The van der Waals surface area contributed by atoms with Crippen LogP contribution in [0.5, 0.6) is 0 Å². The van der Waals surface area contributed by atoms with E-state index in [4.69, 9.17) is 35.8 Å². The van der Waals surface area contributed by atoms with Crippen molar-refractivity contribution in [3.8, 4) is 0 Å². The van der Waals surface area contributed by atoms with Gasteiger partial charge in [0.1, 0.15) is 12.6 Å². The number of esters is 1. The largest absolute Gasteiger partial charge is 0.565 e. The van der Waals surface area contributed by atoms with E-state index < -0.39 is 26.2 Å². The number of aromatic nitrogens is 1. The number of ether oxygens (including phenoxy) is 2. The van der Waals surface area contributed by atoms with Gasteiger partial charge in [0.25, 0.3) is 5.91 Å². The Morgan fingerprint density at radius 1 is 1.21 bits per heavy atom. The van der Waals surface area contributed by atoms with Gasteiger partial charge in [-0.15, -0.1) is 0 Å². The lowest BCUT2D eigenvalue weighted by Crippen LogP contribution is -2.44. The number of benzene rings is 2. The number of hydrogen-bond acceptors (Lipinski definition) is 10. The number of amides is 1. The summed E-state index contributed by atoms with van der Waals surface area (Å²) in [6, 6.07) is 14.2. The molecule has 2 aromatic carbocycles. The zero-order chi connectivity index (χ0) is 28.2. The smallest absolute Gasteiger partial charge is 0.521 e. The van der Waals surface area contributed by atoms with E-state index in [0.717, 1.165) is 18.5 Å². The van der Waals surface area contributed by atoms with Gasteiger partial charge >= 0.3 is 14.2 Å². The minimum Gasteiger partial charge on any atom is -0.565 e. The van der Waals surface area contributed by atoms with E-state index in [1.54, 1.807) is 30.3 Å². The van der Waals surface area contributed by atoms with Crippen LogP contribution in [0.1, 0.15) is 17.3 Å². The van der Waals surface area contributed by atoms with E-state index >= 15 is 0 Å². The second-order valence-electron chi connectivity index (χ2n) is 8.37. The molecule has 1 fully saturated rings. The Labute approximate surface area is 230 Å². The average molecular weight is 582 g/mol. The first kappa shape index (κ1) is 30.3. The Morgan fingerprint density at radius 3 is 2.54 bits per heavy atom. The van der Waals surface area contributed by atoms with E-state index in [9.17, 15) is 14.4 Å². The first-order valence-corrected chi connectivity index (χ1v) is 13.3. The van der Waals surface area contributed by atoms with Gasteiger partial charge in [0.15, 0.2) is 0 Å². The van der Waals surface area contributed by atoms with Crippen molar-refractivity contribution >= 4 is 42.6 Å². The van der Waals surface area contributed by atoms with Crippen LogP contribution in [0, 0.1) is 0 Å². The van der Waals surface area contributed by atoms with Crippen LogP contribution in [0.3, 0.4) is 0 Å². The second kappa shape index (κ2) is 15.4. The van der Waals surface area contributed by atoms with Crippen molar-refractivity contribution < 1.29 is 39.9 Å². The van der Waals surface area contributed by atoms with Crippen molar-refractivity contribution in [1.82, 2.24) is 15.2 Å². The van der Waals surface area contributed by atoms with E-state index in [1.165, 1.54) is 6.07 Å². The van der Waals surface area contributed by atoms with E-state index in [0.29, 0.717) is 41.4 Å². The predicted molar refractivity (Wildman–Crippen MR) is 143 cm³/mol. The van der Waals surface area contributed by atoms with Crippen LogP contribution in [-0.2, 0) is 29.9 Å². The average Bonchev–Trinajstić information content (AvgIpc) is 2.93. The summed E-state index contributed by atoms with van der Waals surface area (Å²) < 4.78 is 22.5. The van der Waals surface area contributed by atoms with Crippen molar-refractivity contribution in [3.63, 3.8) is 0 Å². The summed E-state index contributed by atoms with van der Waals surface area (Å²) in [6.45, 7) is 3.66. The maximum atomic E-state index is 13.0. The molecule has 4 rings (SSSR count). The number of nitrogens with one attached hydrogen (secondary N) is 2. The fourth-order valence-electron chi connectivity index (χ4n) is 3.90. The van der Waals surface area contributed by atoms with Crippen LogP contribution in [0.4, 0.5) is 0 Å². The Bertz CT molecular complexity index is 1340. The SMILES string of the molecule is O=C(NC(Cc1cc(=O)[nH]c2ccccc12)C(=O)OCCN1CCOCC1)c1ccc(Cl)cc1.O=[P+]([O-])OO.[HH]. The van der Waals surface area contributed by atoms with Gasteiger partial charge in [-0.25, -0.2) is 10.1 Å². The summed E-state index contributed by atoms with van der Waals surface area (Å²) in [5.74, 6) is -0.985. The number of halogens is 1. The third-order valence-electron chi connectivity index (χ3n) is 5.78. The molecular formula is C25H29ClN3O9P. The molecule has 2 unspecified atom stereocenters. The Morgan fingerprint density at radius 2 is 1.87 bits per heavy atom. The quantitative estimate of drug-likeness (QED) is 0.147. The lowest BCUT2D eigenvalue weighted by Gasteiger charge is -2.26. The highest BCUT2D eigenvalue weighted by atomic mass is 35.5. The zero-order valence-electron chi connectivity index (χ0n) is 20.7. The fourth-order valence-corrected chi connectivity index (χ4v) is 4.03. The number of hydrogen-bond donors (Lipinski definition) is 3. The highest BCUT2D eigenvalue weighted by Crippen LogP contribution is 2.17. The van der Waals surface area contributed by atoms with Crippen LogP contribution < -0.4 is 15.8 Å². The molecule has 1 saturated heterocycles. The first-order valence-electron chi connectivity index (χ1n) is 11.9. The Balaban J connectivity index is 0.000000858. The normalized spacial score (nSPS) is 14.6. The van der Waals surface area contributed by atoms with E-state index in [1.807, 2.05) is 18.2 Å². The van der Waals surface area contributed by atoms with Crippen LogP contribution in [0.25, 0.3) is 10.9 Å². The third-order valence-corrected chi connectivity index (χ3v) is 6.16. The molecule has 12 nitrogen and oxygen atoms in total. The van der Waals surface area contributed by atoms with Crippen LogP contribution in [0.2, 0.25) is 5.02 Å². The first-order chi connectivity index (χ1) is 18.8. The second-order valence-corrected chi connectivity index (χ2v) is 9.42. The molecule has 1 aromatic heterocycles. The molecule has 0 bridgehead atoms. The van der Waals surface area contributed by atoms with Crippen molar-refractivity contribution in [1.29, 1.82) is 0 Å². The minimum atomic E-state index is -3.04. The molecule has 0 radical (unpaired) electrons.